The lowest BCUT2D eigenvalue weighted by molar-refractivity contribution is -0.142. The van der Waals surface area contributed by atoms with Gasteiger partial charge in [0.15, 0.2) is 0 Å². The Balaban J connectivity index is 2.89. The monoisotopic (exact) mass is 286 g/mol. The highest BCUT2D eigenvalue weighted by Crippen LogP contribution is 2.29. The molecule has 0 atom stereocenters. The Bertz CT molecular complexity index is 388. The van der Waals surface area contributed by atoms with Gasteiger partial charge >= 0.3 is 5.97 Å². The van der Waals surface area contributed by atoms with E-state index in [9.17, 15) is 4.79 Å². The first-order valence-electron chi connectivity index (χ1n) is 5.07. The van der Waals surface area contributed by atoms with Crippen LogP contribution in [0.3, 0.4) is 0 Å². The van der Waals surface area contributed by atoms with Gasteiger partial charge in [0.2, 0.25) is 0 Å². The summed E-state index contributed by atoms with van der Waals surface area (Å²) in [7, 11) is 1.60. The van der Waals surface area contributed by atoms with E-state index in [0.717, 1.165) is 21.3 Å². The van der Waals surface area contributed by atoms with Crippen molar-refractivity contribution in [3.63, 3.8) is 0 Å². The molecule has 0 radical (unpaired) electrons. The summed E-state index contributed by atoms with van der Waals surface area (Å²) in [5.74, 6) is 0.519. The number of carbonyl (C=O) groups excluding carboxylic acids is 1. The third kappa shape index (κ3) is 3.23. The second kappa shape index (κ2) is 5.89. The number of benzene rings is 1. The van der Waals surface area contributed by atoms with Crippen molar-refractivity contribution in [3.8, 4) is 5.75 Å². The summed E-state index contributed by atoms with van der Waals surface area (Å²) in [4.78, 5) is 11.3. The third-order valence-corrected chi connectivity index (χ3v) is 3.17. The number of aryl methyl sites for hydroxylation is 1. The van der Waals surface area contributed by atoms with Gasteiger partial charge < -0.3 is 9.47 Å². The maximum absolute atomic E-state index is 11.3. The Morgan fingerprint density at radius 3 is 2.69 bits per heavy atom. The van der Waals surface area contributed by atoms with Gasteiger partial charge in [-0.1, -0.05) is 6.07 Å². The normalized spacial score (nSPS) is 10.0. The predicted octanol–water partition coefficient (Wildman–Crippen LogP) is 2.87. The van der Waals surface area contributed by atoms with Crippen molar-refractivity contribution < 1.29 is 14.3 Å². The fraction of sp³-hybridized carbons (Fsp3) is 0.417. The summed E-state index contributed by atoms with van der Waals surface area (Å²) < 4.78 is 11.0. The Hall–Kier alpha value is -1.03. The highest BCUT2D eigenvalue weighted by molar-refractivity contribution is 9.10. The van der Waals surface area contributed by atoms with Gasteiger partial charge in [-0.05, 0) is 47.0 Å². The van der Waals surface area contributed by atoms with Crippen LogP contribution in [0.5, 0.6) is 5.75 Å². The molecule has 0 aromatic heterocycles. The molecule has 1 aromatic rings. The topological polar surface area (TPSA) is 35.5 Å². The molecule has 0 amide bonds. The average molecular weight is 287 g/mol. The third-order valence-electron chi connectivity index (χ3n) is 2.15. The molecule has 4 heteroatoms. The van der Waals surface area contributed by atoms with E-state index in [1.54, 1.807) is 14.0 Å². The zero-order valence-electron chi connectivity index (χ0n) is 9.67. The second-order valence-electron chi connectivity index (χ2n) is 3.41. The van der Waals surface area contributed by atoms with Crippen LogP contribution in [0.2, 0.25) is 0 Å². The van der Waals surface area contributed by atoms with Crippen LogP contribution in [0.1, 0.15) is 18.1 Å². The Morgan fingerprint density at radius 2 is 2.12 bits per heavy atom. The molecule has 88 valence electrons. The molecule has 0 aliphatic rings. The van der Waals surface area contributed by atoms with Gasteiger partial charge in [-0.25, -0.2) is 0 Å². The van der Waals surface area contributed by atoms with Crippen LogP contribution in [0, 0.1) is 6.92 Å². The van der Waals surface area contributed by atoms with Gasteiger partial charge in [-0.15, -0.1) is 0 Å². The molecule has 0 aliphatic heterocycles. The largest absolute Gasteiger partial charge is 0.496 e. The molecule has 16 heavy (non-hydrogen) atoms. The molecule has 1 rings (SSSR count). The van der Waals surface area contributed by atoms with Crippen LogP contribution < -0.4 is 4.74 Å². The maximum atomic E-state index is 11.3. The number of hydrogen-bond acceptors (Lipinski definition) is 3. The van der Waals surface area contributed by atoms with Crippen molar-refractivity contribution in [1.82, 2.24) is 0 Å². The van der Waals surface area contributed by atoms with Crippen molar-refractivity contribution in [2.75, 3.05) is 13.7 Å². The van der Waals surface area contributed by atoms with Gasteiger partial charge in [0.25, 0.3) is 0 Å². The second-order valence-corrected chi connectivity index (χ2v) is 4.20. The van der Waals surface area contributed by atoms with E-state index >= 15 is 0 Å². The van der Waals surface area contributed by atoms with Crippen LogP contribution in [0.15, 0.2) is 16.6 Å². The van der Waals surface area contributed by atoms with Crippen LogP contribution in [-0.4, -0.2) is 19.7 Å². The molecule has 0 saturated carbocycles. The smallest absolute Gasteiger partial charge is 0.310 e. The van der Waals surface area contributed by atoms with Crippen LogP contribution in [0.25, 0.3) is 0 Å². The number of ether oxygens (including phenoxy) is 2. The number of halogens is 1. The Kier molecular flexibility index (Phi) is 4.80. The van der Waals surface area contributed by atoms with E-state index in [1.165, 1.54) is 0 Å². The van der Waals surface area contributed by atoms with Crippen molar-refractivity contribution in [2.45, 2.75) is 20.3 Å². The van der Waals surface area contributed by atoms with Gasteiger partial charge in [-0.3, -0.25) is 4.79 Å². The molecule has 0 heterocycles. The summed E-state index contributed by atoms with van der Waals surface area (Å²) in [6.45, 7) is 4.16. The molecule has 0 saturated heterocycles. The van der Waals surface area contributed by atoms with Gasteiger partial charge in [0.05, 0.1) is 24.6 Å². The zero-order valence-corrected chi connectivity index (χ0v) is 11.3. The molecule has 3 nitrogen and oxygen atoms in total. The predicted molar refractivity (Wildman–Crippen MR) is 65.8 cm³/mol. The molecule has 1 aromatic carbocycles. The summed E-state index contributed by atoms with van der Waals surface area (Å²) in [5.41, 5.74) is 1.94. The SMILES string of the molecule is CCOC(=O)Cc1cc(C)c(Br)c(OC)c1. The summed E-state index contributed by atoms with van der Waals surface area (Å²) in [5, 5.41) is 0. The minimum Gasteiger partial charge on any atom is -0.496 e. The summed E-state index contributed by atoms with van der Waals surface area (Å²) in [6.07, 6.45) is 0.276. The number of hydrogen-bond donors (Lipinski definition) is 0. The van der Waals surface area contributed by atoms with Gasteiger partial charge in [-0.2, -0.15) is 0 Å². The van der Waals surface area contributed by atoms with E-state index in [4.69, 9.17) is 9.47 Å². The fourth-order valence-corrected chi connectivity index (χ4v) is 1.83. The molecular formula is C12H15BrO3. The van der Waals surface area contributed by atoms with Crippen LogP contribution >= 0.6 is 15.9 Å². The van der Waals surface area contributed by atoms with E-state index in [1.807, 2.05) is 19.1 Å². The first kappa shape index (κ1) is 13.0. The quantitative estimate of drug-likeness (QED) is 0.799. The summed E-state index contributed by atoms with van der Waals surface area (Å²) in [6, 6.07) is 3.79. The first-order valence-corrected chi connectivity index (χ1v) is 5.86. The van der Waals surface area contributed by atoms with E-state index < -0.39 is 0 Å². The van der Waals surface area contributed by atoms with Crippen molar-refractivity contribution in [2.24, 2.45) is 0 Å². The summed E-state index contributed by atoms with van der Waals surface area (Å²) >= 11 is 3.43. The highest BCUT2D eigenvalue weighted by Gasteiger charge is 2.09. The fourth-order valence-electron chi connectivity index (χ4n) is 1.44. The molecule has 0 bridgehead atoms. The molecule has 0 fully saturated rings. The van der Waals surface area contributed by atoms with Crippen molar-refractivity contribution in [3.05, 3.63) is 27.7 Å². The number of methoxy groups -OCH3 is 1. The average Bonchev–Trinajstić information content (AvgIpc) is 2.23. The minimum atomic E-state index is -0.216. The Labute approximate surface area is 104 Å². The molecule has 0 N–H and O–H groups in total. The number of esters is 1. The molecule has 0 aliphatic carbocycles. The highest BCUT2D eigenvalue weighted by atomic mass is 79.9. The van der Waals surface area contributed by atoms with Crippen LogP contribution in [0.4, 0.5) is 0 Å². The number of carbonyl (C=O) groups is 1. The van der Waals surface area contributed by atoms with E-state index in [-0.39, 0.29) is 12.4 Å². The van der Waals surface area contributed by atoms with Crippen molar-refractivity contribution >= 4 is 21.9 Å². The van der Waals surface area contributed by atoms with Gasteiger partial charge in [0, 0.05) is 0 Å². The van der Waals surface area contributed by atoms with E-state index in [2.05, 4.69) is 15.9 Å². The Morgan fingerprint density at radius 1 is 1.44 bits per heavy atom. The molecular weight excluding hydrogens is 272 g/mol. The molecule has 0 unspecified atom stereocenters. The molecule has 0 spiro atoms. The standard InChI is InChI=1S/C12H15BrO3/c1-4-16-11(14)7-9-5-8(2)12(13)10(6-9)15-3/h5-6H,4,7H2,1-3H3. The van der Waals surface area contributed by atoms with E-state index in [0.29, 0.717) is 6.61 Å². The lowest BCUT2D eigenvalue weighted by atomic mass is 10.1. The zero-order chi connectivity index (χ0) is 12.1. The minimum absolute atomic E-state index is 0.216. The lowest BCUT2D eigenvalue weighted by Crippen LogP contribution is -2.07. The van der Waals surface area contributed by atoms with Gasteiger partial charge in [0.1, 0.15) is 5.75 Å². The van der Waals surface area contributed by atoms with Crippen molar-refractivity contribution in [1.29, 1.82) is 0 Å². The number of rotatable bonds is 4. The first-order chi connectivity index (χ1) is 7.58. The maximum Gasteiger partial charge on any atom is 0.310 e. The van der Waals surface area contributed by atoms with Crippen LogP contribution in [-0.2, 0) is 16.0 Å². The lowest BCUT2D eigenvalue weighted by Gasteiger charge is -2.09.